The third-order valence-electron chi connectivity index (χ3n) is 3.88. The van der Waals surface area contributed by atoms with Crippen LogP contribution in [0.3, 0.4) is 0 Å². The van der Waals surface area contributed by atoms with Crippen LogP contribution in [0.1, 0.15) is 51.2 Å². The first kappa shape index (κ1) is 19.6. The van der Waals surface area contributed by atoms with Crippen molar-refractivity contribution in [2.75, 3.05) is 6.54 Å². The maximum Gasteiger partial charge on any atom is 0.416 e. The predicted molar refractivity (Wildman–Crippen MR) is 89.3 cm³/mol. The molecule has 1 fully saturated rings. The Balaban J connectivity index is 2.06. The monoisotopic (exact) mass is 358 g/mol. The van der Waals surface area contributed by atoms with E-state index in [0.717, 1.165) is 25.5 Å². The standard InChI is InChI=1S/C18H25F3N2O2/c1-17(2,3)25-14-7-6-12(15(10-14)18(19,20)21)11-23-16(24)9-13-5-4-8-22-13/h6-7,10,13,22H,4-5,8-9,11H2,1-3H3,(H,23,24). The van der Waals surface area contributed by atoms with Crippen molar-refractivity contribution in [3.05, 3.63) is 29.3 Å². The number of hydrogen-bond donors (Lipinski definition) is 2. The molecule has 0 bridgehead atoms. The lowest BCUT2D eigenvalue weighted by Gasteiger charge is -2.23. The summed E-state index contributed by atoms with van der Waals surface area (Å²) in [6, 6.07) is 3.97. The molecule has 1 aliphatic rings. The summed E-state index contributed by atoms with van der Waals surface area (Å²) in [5.41, 5.74) is -1.34. The number of hydrogen-bond acceptors (Lipinski definition) is 3. The maximum absolute atomic E-state index is 13.3. The molecule has 0 spiro atoms. The van der Waals surface area contributed by atoms with Gasteiger partial charge in [-0.2, -0.15) is 13.2 Å². The summed E-state index contributed by atoms with van der Waals surface area (Å²) in [6.07, 6.45) is -2.29. The minimum atomic E-state index is -4.51. The molecule has 1 amide bonds. The third-order valence-corrected chi connectivity index (χ3v) is 3.88. The Morgan fingerprint density at radius 2 is 2.04 bits per heavy atom. The number of benzene rings is 1. The van der Waals surface area contributed by atoms with Crippen LogP contribution in [0.5, 0.6) is 5.75 Å². The molecule has 1 atom stereocenters. The van der Waals surface area contributed by atoms with Crippen molar-refractivity contribution in [3.8, 4) is 5.75 Å². The van der Waals surface area contributed by atoms with Crippen LogP contribution in [0.4, 0.5) is 13.2 Å². The molecular weight excluding hydrogens is 333 g/mol. The van der Waals surface area contributed by atoms with Gasteiger partial charge in [0.25, 0.3) is 0 Å². The van der Waals surface area contributed by atoms with Crippen LogP contribution < -0.4 is 15.4 Å². The third kappa shape index (κ3) is 6.23. The van der Waals surface area contributed by atoms with Gasteiger partial charge in [0.15, 0.2) is 0 Å². The van der Waals surface area contributed by atoms with Gasteiger partial charge < -0.3 is 15.4 Å². The first-order chi connectivity index (χ1) is 11.5. The summed E-state index contributed by atoms with van der Waals surface area (Å²) >= 11 is 0. The van der Waals surface area contributed by atoms with E-state index in [1.807, 2.05) is 0 Å². The lowest BCUT2D eigenvalue weighted by Crippen LogP contribution is -2.32. The first-order valence-electron chi connectivity index (χ1n) is 8.44. The molecule has 1 aliphatic heterocycles. The van der Waals surface area contributed by atoms with Gasteiger partial charge in [-0.3, -0.25) is 4.79 Å². The lowest BCUT2D eigenvalue weighted by molar-refractivity contribution is -0.138. The quantitative estimate of drug-likeness (QED) is 0.845. The zero-order valence-corrected chi connectivity index (χ0v) is 14.8. The highest BCUT2D eigenvalue weighted by atomic mass is 19.4. The van der Waals surface area contributed by atoms with Gasteiger partial charge in [0.05, 0.1) is 5.56 Å². The molecule has 1 aromatic carbocycles. The Morgan fingerprint density at radius 1 is 1.32 bits per heavy atom. The molecule has 0 aliphatic carbocycles. The number of nitrogens with one attached hydrogen (secondary N) is 2. The van der Waals surface area contributed by atoms with Crippen LogP contribution in [0, 0.1) is 0 Å². The van der Waals surface area contributed by atoms with Crippen LogP contribution >= 0.6 is 0 Å². The second kappa shape index (κ2) is 7.64. The van der Waals surface area contributed by atoms with E-state index >= 15 is 0 Å². The minimum absolute atomic E-state index is 0.0292. The number of amides is 1. The van der Waals surface area contributed by atoms with Gasteiger partial charge in [-0.05, 0) is 57.9 Å². The number of rotatable bonds is 5. The fraction of sp³-hybridized carbons (Fsp3) is 0.611. The molecule has 1 heterocycles. The van der Waals surface area contributed by atoms with E-state index in [2.05, 4.69) is 10.6 Å². The summed E-state index contributed by atoms with van der Waals surface area (Å²) < 4.78 is 45.5. The highest BCUT2D eigenvalue weighted by Gasteiger charge is 2.34. The van der Waals surface area contributed by atoms with Crippen molar-refractivity contribution in [2.24, 2.45) is 0 Å². The Morgan fingerprint density at radius 3 is 2.60 bits per heavy atom. The van der Waals surface area contributed by atoms with Crippen LogP contribution in [0.2, 0.25) is 0 Å². The molecule has 7 heteroatoms. The molecule has 1 unspecified atom stereocenters. The largest absolute Gasteiger partial charge is 0.488 e. The number of ether oxygens (including phenoxy) is 1. The van der Waals surface area contributed by atoms with Crippen LogP contribution in [-0.2, 0) is 17.5 Å². The second-order valence-corrected chi connectivity index (χ2v) is 7.31. The van der Waals surface area contributed by atoms with Crippen LogP contribution in [0.15, 0.2) is 18.2 Å². The van der Waals surface area contributed by atoms with E-state index in [1.165, 1.54) is 12.1 Å². The van der Waals surface area contributed by atoms with Gasteiger partial charge in [-0.15, -0.1) is 0 Å². The molecule has 0 aromatic heterocycles. The molecule has 1 aromatic rings. The van der Waals surface area contributed by atoms with E-state index in [9.17, 15) is 18.0 Å². The van der Waals surface area contributed by atoms with Gasteiger partial charge in [0.2, 0.25) is 5.91 Å². The van der Waals surface area contributed by atoms with E-state index < -0.39 is 17.3 Å². The molecule has 4 nitrogen and oxygen atoms in total. The van der Waals surface area contributed by atoms with Gasteiger partial charge >= 0.3 is 6.18 Å². The second-order valence-electron chi connectivity index (χ2n) is 7.31. The van der Waals surface area contributed by atoms with Crippen LogP contribution in [-0.4, -0.2) is 24.1 Å². The average Bonchev–Trinajstić information content (AvgIpc) is 2.96. The molecule has 2 N–H and O–H groups in total. The molecule has 1 saturated heterocycles. The smallest absolute Gasteiger partial charge is 0.416 e. The van der Waals surface area contributed by atoms with E-state index in [4.69, 9.17) is 4.74 Å². The van der Waals surface area contributed by atoms with Gasteiger partial charge in [0.1, 0.15) is 11.4 Å². The summed E-state index contributed by atoms with van der Waals surface area (Å²) in [4.78, 5) is 11.9. The van der Waals surface area contributed by atoms with E-state index in [-0.39, 0.29) is 36.2 Å². The Bertz CT molecular complexity index is 603. The average molecular weight is 358 g/mol. The predicted octanol–water partition coefficient (Wildman–Crippen LogP) is 3.64. The SMILES string of the molecule is CC(C)(C)Oc1ccc(CNC(=O)CC2CCCN2)c(C(F)(F)F)c1. The number of carbonyl (C=O) groups is 1. The van der Waals surface area contributed by atoms with Crippen molar-refractivity contribution in [1.29, 1.82) is 0 Å². The normalized spacial score (nSPS) is 18.2. The fourth-order valence-corrected chi connectivity index (χ4v) is 2.81. The Kier molecular flexibility index (Phi) is 5.98. The van der Waals surface area contributed by atoms with Crippen molar-refractivity contribution in [2.45, 2.75) is 64.4 Å². The number of carbonyl (C=O) groups excluding carboxylic acids is 1. The number of alkyl halides is 3. The molecule has 0 radical (unpaired) electrons. The Labute approximate surface area is 146 Å². The van der Waals surface area contributed by atoms with Gasteiger partial charge in [-0.25, -0.2) is 0 Å². The Hall–Kier alpha value is -1.76. The molecular formula is C18H25F3N2O2. The topological polar surface area (TPSA) is 50.4 Å². The van der Waals surface area contributed by atoms with Crippen LogP contribution in [0.25, 0.3) is 0 Å². The summed E-state index contributed by atoms with van der Waals surface area (Å²) in [5.74, 6) is -0.0902. The van der Waals surface area contributed by atoms with Gasteiger partial charge in [0, 0.05) is 19.0 Å². The van der Waals surface area contributed by atoms with Crippen molar-refractivity contribution in [3.63, 3.8) is 0 Å². The first-order valence-corrected chi connectivity index (χ1v) is 8.44. The lowest BCUT2D eigenvalue weighted by atomic mass is 10.1. The van der Waals surface area contributed by atoms with Crippen molar-refractivity contribution in [1.82, 2.24) is 10.6 Å². The summed E-state index contributed by atoms with van der Waals surface area (Å²) in [6.45, 7) is 6.03. The van der Waals surface area contributed by atoms with E-state index in [1.54, 1.807) is 20.8 Å². The highest BCUT2D eigenvalue weighted by molar-refractivity contribution is 5.76. The highest BCUT2D eigenvalue weighted by Crippen LogP contribution is 2.35. The molecule has 140 valence electrons. The van der Waals surface area contributed by atoms with Gasteiger partial charge in [-0.1, -0.05) is 6.07 Å². The maximum atomic E-state index is 13.3. The van der Waals surface area contributed by atoms with Crippen molar-refractivity contribution < 1.29 is 22.7 Å². The van der Waals surface area contributed by atoms with E-state index in [0.29, 0.717) is 0 Å². The number of halogens is 3. The zero-order valence-electron chi connectivity index (χ0n) is 14.8. The summed E-state index contributed by atoms with van der Waals surface area (Å²) in [7, 11) is 0. The van der Waals surface area contributed by atoms with Crippen molar-refractivity contribution >= 4 is 5.91 Å². The molecule has 0 saturated carbocycles. The zero-order chi connectivity index (χ0) is 18.7. The summed E-state index contributed by atoms with van der Waals surface area (Å²) in [5, 5.41) is 5.78. The molecule has 2 rings (SSSR count). The minimum Gasteiger partial charge on any atom is -0.488 e. The fourth-order valence-electron chi connectivity index (χ4n) is 2.81. The molecule has 25 heavy (non-hydrogen) atoms.